The molecule has 1 N–H and O–H groups in total. The lowest BCUT2D eigenvalue weighted by atomic mass is 9.88. The fraction of sp³-hybridized carbons (Fsp3) is 0.750. The predicted molar refractivity (Wildman–Crippen MR) is 91.1 cm³/mol. The van der Waals surface area contributed by atoms with E-state index in [1.165, 1.54) is 47.9 Å². The molecule has 3 heteroatoms. The van der Waals surface area contributed by atoms with E-state index in [1.807, 2.05) is 11.3 Å². The average molecular weight is 346 g/mol. The first-order valence-corrected chi connectivity index (χ1v) is 9.34. The van der Waals surface area contributed by atoms with Gasteiger partial charge in [0.15, 0.2) is 0 Å². The highest BCUT2D eigenvalue weighted by atomic mass is 79.9. The van der Waals surface area contributed by atoms with Crippen LogP contribution in [-0.4, -0.2) is 12.6 Å². The molecule has 1 aromatic heterocycles. The smallest absolute Gasteiger partial charge is 0.0285 e. The highest BCUT2D eigenvalue weighted by Gasteiger charge is 2.20. The van der Waals surface area contributed by atoms with E-state index < -0.39 is 0 Å². The summed E-state index contributed by atoms with van der Waals surface area (Å²) in [6, 6.07) is 2.92. The summed E-state index contributed by atoms with van der Waals surface area (Å²) in [6.45, 7) is 8.00. The molecule has 0 aliphatic rings. The minimum Gasteiger partial charge on any atom is -0.313 e. The van der Waals surface area contributed by atoms with Gasteiger partial charge in [-0.1, -0.05) is 33.6 Å². The Balaban J connectivity index is 2.67. The Morgan fingerprint density at radius 1 is 1.16 bits per heavy atom. The van der Waals surface area contributed by atoms with E-state index in [2.05, 4.69) is 53.5 Å². The Morgan fingerprint density at radius 2 is 1.84 bits per heavy atom. The lowest BCUT2D eigenvalue weighted by molar-refractivity contribution is 0.310. The second-order valence-electron chi connectivity index (χ2n) is 5.33. The van der Waals surface area contributed by atoms with E-state index in [1.54, 1.807) is 0 Å². The molecule has 1 heterocycles. The van der Waals surface area contributed by atoms with Crippen LogP contribution in [0.5, 0.6) is 0 Å². The van der Waals surface area contributed by atoms with Crippen LogP contribution in [0, 0.1) is 5.92 Å². The van der Waals surface area contributed by atoms with E-state index in [-0.39, 0.29) is 0 Å². The first-order chi connectivity index (χ1) is 9.21. The Labute approximate surface area is 131 Å². The minimum atomic E-state index is 0.644. The molecule has 0 saturated carbocycles. The summed E-state index contributed by atoms with van der Waals surface area (Å²) in [5.74, 6) is 0.822. The Bertz CT molecular complexity index is 331. The van der Waals surface area contributed by atoms with E-state index in [4.69, 9.17) is 0 Å². The molecule has 0 saturated heterocycles. The number of hydrogen-bond acceptors (Lipinski definition) is 2. The molecule has 0 aromatic carbocycles. The Kier molecular flexibility index (Phi) is 9.01. The number of thiophene rings is 1. The van der Waals surface area contributed by atoms with Gasteiger partial charge in [0.2, 0.25) is 0 Å². The molecule has 110 valence electrons. The topological polar surface area (TPSA) is 12.0 Å². The number of nitrogens with one attached hydrogen (secondary N) is 1. The molecule has 1 unspecified atom stereocenters. The molecule has 1 aromatic rings. The molecule has 1 atom stereocenters. The Morgan fingerprint density at radius 3 is 2.32 bits per heavy atom. The van der Waals surface area contributed by atoms with Crippen LogP contribution < -0.4 is 5.32 Å². The van der Waals surface area contributed by atoms with Crippen molar-refractivity contribution >= 4 is 27.3 Å². The van der Waals surface area contributed by atoms with Crippen molar-refractivity contribution in [2.24, 2.45) is 5.92 Å². The zero-order chi connectivity index (χ0) is 14.1. The first kappa shape index (κ1) is 17.2. The van der Waals surface area contributed by atoms with Gasteiger partial charge in [0.25, 0.3) is 0 Å². The lowest BCUT2D eigenvalue weighted by Gasteiger charge is -2.27. The Hall–Kier alpha value is 0.140. The van der Waals surface area contributed by atoms with Gasteiger partial charge in [0.05, 0.1) is 0 Å². The summed E-state index contributed by atoms with van der Waals surface area (Å²) in [5, 5.41) is 5.98. The van der Waals surface area contributed by atoms with Crippen molar-refractivity contribution in [1.29, 1.82) is 0 Å². The van der Waals surface area contributed by atoms with Crippen molar-refractivity contribution in [3.8, 4) is 0 Å². The van der Waals surface area contributed by atoms with Crippen LogP contribution in [0.15, 0.2) is 15.9 Å². The van der Waals surface area contributed by atoms with Crippen LogP contribution >= 0.6 is 27.3 Å². The largest absolute Gasteiger partial charge is 0.313 e. The normalized spacial score (nSPS) is 13.1. The second kappa shape index (κ2) is 9.95. The van der Waals surface area contributed by atoms with Gasteiger partial charge in [-0.05, 0) is 60.1 Å². The maximum absolute atomic E-state index is 3.79. The molecule has 0 aliphatic carbocycles. The van der Waals surface area contributed by atoms with E-state index in [9.17, 15) is 0 Å². The quantitative estimate of drug-likeness (QED) is 0.578. The molecule has 0 amide bonds. The monoisotopic (exact) mass is 345 g/mol. The molecule has 19 heavy (non-hydrogen) atoms. The number of halogens is 1. The van der Waals surface area contributed by atoms with Gasteiger partial charge in [-0.3, -0.25) is 0 Å². The van der Waals surface area contributed by atoms with Gasteiger partial charge < -0.3 is 5.32 Å². The van der Waals surface area contributed by atoms with Crippen molar-refractivity contribution in [2.75, 3.05) is 6.54 Å². The van der Waals surface area contributed by atoms with Gasteiger partial charge in [-0.2, -0.15) is 0 Å². The van der Waals surface area contributed by atoms with E-state index >= 15 is 0 Å². The van der Waals surface area contributed by atoms with Crippen LogP contribution in [0.3, 0.4) is 0 Å². The molecule has 0 spiro atoms. The second-order valence-corrected chi connectivity index (χ2v) is 7.24. The third-order valence-corrected chi connectivity index (χ3v) is 5.31. The molecular formula is C16H28BrNS. The standard InChI is InChI=1S/C16H28BrNS/c1-4-7-13(8-5-2)16(18-9-6-3)11-15-10-14(17)12-19-15/h10,12-13,16,18H,4-9,11H2,1-3H3. The molecular weight excluding hydrogens is 318 g/mol. The van der Waals surface area contributed by atoms with Gasteiger partial charge in [-0.25, -0.2) is 0 Å². The average Bonchev–Trinajstić information content (AvgIpc) is 2.80. The third-order valence-electron chi connectivity index (χ3n) is 3.59. The van der Waals surface area contributed by atoms with Crippen LogP contribution in [-0.2, 0) is 6.42 Å². The van der Waals surface area contributed by atoms with Crippen molar-refractivity contribution < 1.29 is 0 Å². The van der Waals surface area contributed by atoms with E-state index in [0.717, 1.165) is 12.5 Å². The van der Waals surface area contributed by atoms with Crippen molar-refractivity contribution in [2.45, 2.75) is 65.3 Å². The van der Waals surface area contributed by atoms with Gasteiger partial charge in [0.1, 0.15) is 0 Å². The zero-order valence-electron chi connectivity index (χ0n) is 12.5. The van der Waals surface area contributed by atoms with Crippen LogP contribution in [0.4, 0.5) is 0 Å². The zero-order valence-corrected chi connectivity index (χ0v) is 14.9. The minimum absolute atomic E-state index is 0.644. The first-order valence-electron chi connectivity index (χ1n) is 7.67. The molecule has 0 fully saturated rings. The highest BCUT2D eigenvalue weighted by molar-refractivity contribution is 9.10. The SMILES string of the molecule is CCCNC(Cc1cc(Br)cs1)C(CCC)CCC. The van der Waals surface area contributed by atoms with Crippen LogP contribution in [0.25, 0.3) is 0 Å². The predicted octanol–water partition coefficient (Wildman–Crippen LogP) is 5.64. The summed E-state index contributed by atoms with van der Waals surface area (Å²) >= 11 is 5.44. The van der Waals surface area contributed by atoms with Gasteiger partial charge >= 0.3 is 0 Å². The van der Waals surface area contributed by atoms with Gasteiger partial charge in [-0.15, -0.1) is 11.3 Å². The molecule has 1 nitrogen and oxygen atoms in total. The fourth-order valence-electron chi connectivity index (χ4n) is 2.70. The number of rotatable bonds is 10. The van der Waals surface area contributed by atoms with Crippen molar-refractivity contribution in [1.82, 2.24) is 5.32 Å². The molecule has 0 aliphatic heterocycles. The van der Waals surface area contributed by atoms with E-state index in [0.29, 0.717) is 6.04 Å². The molecule has 0 bridgehead atoms. The summed E-state index contributed by atoms with van der Waals surface area (Å²) in [4.78, 5) is 1.50. The van der Waals surface area contributed by atoms with Gasteiger partial charge in [0, 0.05) is 20.8 Å². The third kappa shape index (κ3) is 6.42. The maximum atomic E-state index is 3.79. The molecule has 1 rings (SSSR count). The van der Waals surface area contributed by atoms with Crippen molar-refractivity contribution in [3.63, 3.8) is 0 Å². The summed E-state index contributed by atoms with van der Waals surface area (Å²) in [7, 11) is 0. The highest BCUT2D eigenvalue weighted by Crippen LogP contribution is 2.25. The van der Waals surface area contributed by atoms with Crippen LogP contribution in [0.2, 0.25) is 0 Å². The number of hydrogen-bond donors (Lipinski definition) is 1. The van der Waals surface area contributed by atoms with Crippen LogP contribution in [0.1, 0.15) is 57.8 Å². The van der Waals surface area contributed by atoms with Crippen molar-refractivity contribution in [3.05, 3.63) is 20.8 Å². The summed E-state index contributed by atoms with van der Waals surface area (Å²) in [6.07, 6.45) is 7.69. The lowest BCUT2D eigenvalue weighted by Crippen LogP contribution is -2.38. The molecule has 0 radical (unpaired) electrons. The summed E-state index contributed by atoms with van der Waals surface area (Å²) in [5.41, 5.74) is 0. The fourth-order valence-corrected chi connectivity index (χ4v) is 4.21. The summed E-state index contributed by atoms with van der Waals surface area (Å²) < 4.78 is 1.23. The maximum Gasteiger partial charge on any atom is 0.0285 e.